The lowest BCUT2D eigenvalue weighted by Crippen LogP contribution is -2.29. The van der Waals surface area contributed by atoms with Crippen molar-refractivity contribution in [2.45, 2.75) is 39.7 Å². The minimum atomic E-state index is 0.113. The molecule has 0 radical (unpaired) electrons. The summed E-state index contributed by atoms with van der Waals surface area (Å²) in [5.74, 6) is 1.85. The predicted octanol–water partition coefficient (Wildman–Crippen LogP) is 3.56. The van der Waals surface area contributed by atoms with Gasteiger partial charge < -0.3 is 19.7 Å². The van der Waals surface area contributed by atoms with Crippen LogP contribution < -0.4 is 4.90 Å². The summed E-state index contributed by atoms with van der Waals surface area (Å²) in [6.07, 6.45) is 3.12. The number of carbonyl (C=O) groups excluding carboxylic acids is 2. The van der Waals surface area contributed by atoms with Gasteiger partial charge in [0.05, 0.1) is 0 Å². The molecule has 1 fully saturated rings. The van der Waals surface area contributed by atoms with Crippen LogP contribution in [-0.2, 0) is 13.0 Å². The summed E-state index contributed by atoms with van der Waals surface area (Å²) in [5.41, 5.74) is 4.91. The molecule has 6 heteroatoms. The standard InChI is InChI=1S/C23H28N4O2/c1-3-25-14-17-11-18(6-7-19(17)22(25)28)27-9-4-5-16-12-20(24-21(16)27)23(29)26-10-8-15(2)13-26/h6-7,11-12,15,24H,3-5,8-10,13-14H2,1-2H3. The summed E-state index contributed by atoms with van der Waals surface area (Å²) < 4.78 is 0. The highest BCUT2D eigenvalue weighted by Crippen LogP contribution is 2.36. The first-order valence-electron chi connectivity index (χ1n) is 10.8. The summed E-state index contributed by atoms with van der Waals surface area (Å²) in [7, 11) is 0. The van der Waals surface area contributed by atoms with Crippen LogP contribution in [0.2, 0.25) is 0 Å². The van der Waals surface area contributed by atoms with Gasteiger partial charge in [0.1, 0.15) is 11.5 Å². The number of aromatic amines is 1. The van der Waals surface area contributed by atoms with Crippen LogP contribution in [0.5, 0.6) is 0 Å². The van der Waals surface area contributed by atoms with Crippen LogP contribution in [0, 0.1) is 5.92 Å². The van der Waals surface area contributed by atoms with Crippen LogP contribution in [-0.4, -0.2) is 52.8 Å². The van der Waals surface area contributed by atoms with Gasteiger partial charge in [0.2, 0.25) is 0 Å². The minimum absolute atomic E-state index is 0.113. The van der Waals surface area contributed by atoms with Crippen molar-refractivity contribution in [2.75, 3.05) is 31.1 Å². The second kappa shape index (κ2) is 6.94. The molecule has 1 atom stereocenters. The van der Waals surface area contributed by atoms with Gasteiger partial charge in [-0.1, -0.05) is 6.92 Å². The van der Waals surface area contributed by atoms with Gasteiger partial charge in [-0.05, 0) is 67.5 Å². The number of aromatic nitrogens is 1. The Morgan fingerprint density at radius 1 is 1.21 bits per heavy atom. The molecule has 3 aliphatic rings. The second-order valence-electron chi connectivity index (χ2n) is 8.62. The predicted molar refractivity (Wildman–Crippen MR) is 113 cm³/mol. The van der Waals surface area contributed by atoms with Crippen molar-refractivity contribution in [1.82, 2.24) is 14.8 Å². The van der Waals surface area contributed by atoms with E-state index in [1.165, 1.54) is 5.56 Å². The maximum Gasteiger partial charge on any atom is 0.270 e. The average molecular weight is 393 g/mol. The van der Waals surface area contributed by atoms with Gasteiger partial charge in [-0.3, -0.25) is 9.59 Å². The molecule has 152 valence electrons. The van der Waals surface area contributed by atoms with Crippen LogP contribution >= 0.6 is 0 Å². The Hall–Kier alpha value is -2.76. The number of nitrogens with one attached hydrogen (secondary N) is 1. The van der Waals surface area contributed by atoms with Crippen molar-refractivity contribution < 1.29 is 9.59 Å². The number of benzene rings is 1. The Morgan fingerprint density at radius 2 is 2.07 bits per heavy atom. The molecule has 0 aliphatic carbocycles. The van der Waals surface area contributed by atoms with Gasteiger partial charge in [0, 0.05) is 44.0 Å². The van der Waals surface area contributed by atoms with Gasteiger partial charge in [-0.15, -0.1) is 0 Å². The Balaban J connectivity index is 1.44. The van der Waals surface area contributed by atoms with Crippen molar-refractivity contribution in [2.24, 2.45) is 5.92 Å². The van der Waals surface area contributed by atoms with Crippen LogP contribution in [0.3, 0.4) is 0 Å². The number of fused-ring (bicyclic) bond motifs is 2. The molecule has 2 aromatic rings. The van der Waals surface area contributed by atoms with E-state index in [-0.39, 0.29) is 11.8 Å². The van der Waals surface area contributed by atoms with Gasteiger partial charge >= 0.3 is 0 Å². The summed E-state index contributed by atoms with van der Waals surface area (Å²) in [4.78, 5) is 34.9. The molecule has 1 N–H and O–H groups in total. The highest BCUT2D eigenvalue weighted by atomic mass is 16.2. The molecule has 0 saturated carbocycles. The van der Waals surface area contributed by atoms with Crippen molar-refractivity contribution in [3.05, 3.63) is 46.6 Å². The third-order valence-corrected chi connectivity index (χ3v) is 6.58. The van der Waals surface area contributed by atoms with Crippen LogP contribution in [0.4, 0.5) is 11.5 Å². The number of aryl methyl sites for hydroxylation is 1. The van der Waals surface area contributed by atoms with E-state index in [0.29, 0.717) is 18.2 Å². The summed E-state index contributed by atoms with van der Waals surface area (Å²) in [6.45, 7) is 8.23. The molecule has 4 heterocycles. The Kier molecular flexibility index (Phi) is 4.37. The number of nitrogens with zero attached hydrogens (tertiary/aromatic N) is 3. The number of hydrogen-bond acceptors (Lipinski definition) is 3. The highest BCUT2D eigenvalue weighted by molar-refractivity contribution is 5.99. The quantitative estimate of drug-likeness (QED) is 0.869. The van der Waals surface area contributed by atoms with E-state index in [0.717, 1.165) is 68.1 Å². The van der Waals surface area contributed by atoms with Crippen molar-refractivity contribution in [1.29, 1.82) is 0 Å². The number of hydrogen-bond donors (Lipinski definition) is 1. The number of H-pyrrole nitrogens is 1. The number of carbonyl (C=O) groups is 2. The molecular formula is C23H28N4O2. The molecule has 3 aliphatic heterocycles. The van der Waals surface area contributed by atoms with E-state index in [9.17, 15) is 9.59 Å². The van der Waals surface area contributed by atoms with E-state index < -0.39 is 0 Å². The van der Waals surface area contributed by atoms with E-state index >= 15 is 0 Å². The van der Waals surface area contributed by atoms with Crippen LogP contribution in [0.25, 0.3) is 0 Å². The Labute approximate surface area is 171 Å². The number of likely N-dealkylation sites (tertiary alicyclic amines) is 1. The molecule has 1 saturated heterocycles. The zero-order valence-electron chi connectivity index (χ0n) is 17.2. The van der Waals surface area contributed by atoms with Gasteiger partial charge in [0.15, 0.2) is 0 Å². The molecule has 5 rings (SSSR count). The van der Waals surface area contributed by atoms with E-state index in [1.807, 2.05) is 34.9 Å². The average Bonchev–Trinajstić information content (AvgIpc) is 3.43. The van der Waals surface area contributed by atoms with Crippen molar-refractivity contribution in [3.63, 3.8) is 0 Å². The largest absolute Gasteiger partial charge is 0.337 e. The second-order valence-corrected chi connectivity index (χ2v) is 8.62. The summed E-state index contributed by atoms with van der Waals surface area (Å²) in [5, 5.41) is 0. The maximum absolute atomic E-state index is 12.9. The third-order valence-electron chi connectivity index (χ3n) is 6.58. The smallest absolute Gasteiger partial charge is 0.270 e. The van der Waals surface area contributed by atoms with Gasteiger partial charge in [-0.2, -0.15) is 0 Å². The SMILES string of the molecule is CCN1Cc2cc(N3CCCc4cc(C(=O)N5CCC(C)C5)[nH]c43)ccc2C1=O. The molecule has 1 aromatic heterocycles. The third kappa shape index (κ3) is 3.02. The highest BCUT2D eigenvalue weighted by Gasteiger charge is 2.30. The first-order chi connectivity index (χ1) is 14.0. The molecule has 1 aromatic carbocycles. The van der Waals surface area contributed by atoms with E-state index in [1.54, 1.807) is 0 Å². The fraction of sp³-hybridized carbons (Fsp3) is 0.478. The number of anilines is 2. The zero-order chi connectivity index (χ0) is 20.1. The minimum Gasteiger partial charge on any atom is -0.337 e. The topological polar surface area (TPSA) is 59.6 Å². The first kappa shape index (κ1) is 18.3. The molecule has 1 unspecified atom stereocenters. The van der Waals surface area contributed by atoms with E-state index in [2.05, 4.69) is 22.9 Å². The first-order valence-corrected chi connectivity index (χ1v) is 10.8. The normalized spacial score (nSPS) is 21.0. The maximum atomic E-state index is 12.9. The molecular weight excluding hydrogens is 364 g/mol. The molecule has 0 bridgehead atoms. The Morgan fingerprint density at radius 3 is 2.83 bits per heavy atom. The lowest BCUT2D eigenvalue weighted by Gasteiger charge is -2.29. The lowest BCUT2D eigenvalue weighted by molar-refractivity contribution is 0.0777. The fourth-order valence-corrected chi connectivity index (χ4v) is 4.91. The number of rotatable bonds is 3. The fourth-order valence-electron chi connectivity index (χ4n) is 4.91. The van der Waals surface area contributed by atoms with Crippen LogP contribution in [0.15, 0.2) is 24.3 Å². The molecule has 0 spiro atoms. The summed E-state index contributed by atoms with van der Waals surface area (Å²) >= 11 is 0. The summed E-state index contributed by atoms with van der Waals surface area (Å²) in [6, 6.07) is 8.18. The van der Waals surface area contributed by atoms with Crippen molar-refractivity contribution >= 4 is 23.3 Å². The van der Waals surface area contributed by atoms with Crippen LogP contribution in [0.1, 0.15) is 58.7 Å². The van der Waals surface area contributed by atoms with E-state index in [4.69, 9.17) is 0 Å². The monoisotopic (exact) mass is 392 g/mol. The zero-order valence-corrected chi connectivity index (χ0v) is 17.2. The molecule has 2 amide bonds. The lowest BCUT2D eigenvalue weighted by atomic mass is 10.0. The number of amides is 2. The molecule has 6 nitrogen and oxygen atoms in total. The van der Waals surface area contributed by atoms with Crippen molar-refractivity contribution in [3.8, 4) is 0 Å². The van der Waals surface area contributed by atoms with Gasteiger partial charge in [0.25, 0.3) is 11.8 Å². The molecule has 29 heavy (non-hydrogen) atoms. The van der Waals surface area contributed by atoms with Gasteiger partial charge in [-0.25, -0.2) is 0 Å². The Bertz CT molecular complexity index is 979.